The van der Waals surface area contributed by atoms with Crippen molar-refractivity contribution in [1.82, 2.24) is 15.2 Å². The van der Waals surface area contributed by atoms with E-state index in [2.05, 4.69) is 38.0 Å². The van der Waals surface area contributed by atoms with Crippen LogP contribution in [-0.4, -0.2) is 22.2 Å². The molecule has 0 fully saturated rings. The summed E-state index contributed by atoms with van der Waals surface area (Å²) in [7, 11) is 1.78. The molecule has 1 aromatic rings. The summed E-state index contributed by atoms with van der Waals surface area (Å²) in [4.78, 5) is 4.13. The van der Waals surface area contributed by atoms with Crippen LogP contribution in [0.15, 0.2) is 23.9 Å². The first-order chi connectivity index (χ1) is 6.38. The van der Waals surface area contributed by atoms with E-state index in [1.807, 2.05) is 6.08 Å². The molecule has 1 aromatic heterocycles. The molecule has 0 spiro atoms. The predicted molar refractivity (Wildman–Crippen MR) is 51.4 cm³/mol. The predicted octanol–water partition coefficient (Wildman–Crippen LogP) is 1.10. The minimum atomic E-state index is 0.588. The molecule has 1 aliphatic carbocycles. The van der Waals surface area contributed by atoms with Gasteiger partial charge in [-0.1, -0.05) is 12.2 Å². The lowest BCUT2D eigenvalue weighted by Crippen LogP contribution is -1.97. The first-order valence-corrected chi connectivity index (χ1v) is 4.12. The summed E-state index contributed by atoms with van der Waals surface area (Å²) in [5.74, 6) is 1.24. The van der Waals surface area contributed by atoms with Crippen LogP contribution < -0.4 is 10.6 Å². The Balaban J connectivity index is 2.05. The van der Waals surface area contributed by atoms with Crippen LogP contribution in [-0.2, 0) is 0 Å². The van der Waals surface area contributed by atoms with Gasteiger partial charge in [0.15, 0.2) is 0 Å². The number of nitrogens with one attached hydrogen (secondary N) is 3. The Morgan fingerprint density at radius 3 is 3.08 bits per heavy atom. The van der Waals surface area contributed by atoms with Crippen LogP contribution >= 0.6 is 0 Å². The standard InChI is InChI=1S/C8H11N5/c1-9-7-11-8(13-12-7)10-6-4-2-3-5-6/h2,4-5H,3H2,1H3,(H3,9,10,11,12,13). The number of anilines is 2. The fourth-order valence-corrected chi connectivity index (χ4v) is 1.12. The van der Waals surface area contributed by atoms with Crippen molar-refractivity contribution in [2.24, 2.45) is 0 Å². The van der Waals surface area contributed by atoms with Gasteiger partial charge in [0.2, 0.25) is 11.9 Å². The Morgan fingerprint density at radius 1 is 1.54 bits per heavy atom. The number of hydrogen-bond donors (Lipinski definition) is 3. The quantitative estimate of drug-likeness (QED) is 0.647. The third kappa shape index (κ3) is 1.69. The molecule has 1 heterocycles. The van der Waals surface area contributed by atoms with Gasteiger partial charge in [-0.2, -0.15) is 4.98 Å². The zero-order valence-electron chi connectivity index (χ0n) is 7.33. The van der Waals surface area contributed by atoms with Crippen LogP contribution in [0.3, 0.4) is 0 Å². The summed E-state index contributed by atoms with van der Waals surface area (Å²) < 4.78 is 0. The van der Waals surface area contributed by atoms with Gasteiger partial charge in [-0.25, -0.2) is 5.10 Å². The summed E-state index contributed by atoms with van der Waals surface area (Å²) in [5.41, 5.74) is 1.05. The van der Waals surface area contributed by atoms with E-state index in [1.165, 1.54) is 0 Å². The van der Waals surface area contributed by atoms with Crippen molar-refractivity contribution in [1.29, 1.82) is 0 Å². The van der Waals surface area contributed by atoms with Crippen molar-refractivity contribution in [3.05, 3.63) is 23.9 Å². The van der Waals surface area contributed by atoms with Crippen molar-refractivity contribution in [2.45, 2.75) is 6.42 Å². The molecule has 5 heteroatoms. The van der Waals surface area contributed by atoms with Gasteiger partial charge in [0.05, 0.1) is 0 Å². The molecule has 0 aliphatic heterocycles. The lowest BCUT2D eigenvalue weighted by molar-refractivity contribution is 1.09. The number of nitrogens with zero attached hydrogens (tertiary/aromatic N) is 2. The number of aromatic amines is 1. The second-order valence-corrected chi connectivity index (χ2v) is 2.68. The Kier molecular flexibility index (Phi) is 1.99. The minimum Gasteiger partial charge on any atom is -0.356 e. The van der Waals surface area contributed by atoms with Crippen molar-refractivity contribution in [3.63, 3.8) is 0 Å². The number of allylic oxidation sites excluding steroid dienone is 3. The highest BCUT2D eigenvalue weighted by Crippen LogP contribution is 2.11. The maximum atomic E-state index is 4.13. The van der Waals surface area contributed by atoms with Crippen molar-refractivity contribution < 1.29 is 0 Å². The highest BCUT2D eigenvalue weighted by atomic mass is 15.3. The maximum Gasteiger partial charge on any atom is 0.243 e. The van der Waals surface area contributed by atoms with Crippen LogP contribution in [0.5, 0.6) is 0 Å². The number of aromatic nitrogens is 3. The first-order valence-electron chi connectivity index (χ1n) is 4.12. The van der Waals surface area contributed by atoms with Crippen LogP contribution in [0.25, 0.3) is 0 Å². The summed E-state index contributed by atoms with van der Waals surface area (Å²) >= 11 is 0. The monoisotopic (exact) mass is 177 g/mol. The molecule has 0 amide bonds. The third-order valence-corrected chi connectivity index (χ3v) is 1.74. The minimum absolute atomic E-state index is 0.588. The van der Waals surface area contributed by atoms with E-state index in [-0.39, 0.29) is 0 Å². The van der Waals surface area contributed by atoms with Gasteiger partial charge in [0.1, 0.15) is 0 Å². The molecule has 0 radical (unpaired) electrons. The van der Waals surface area contributed by atoms with Crippen LogP contribution in [0, 0.1) is 0 Å². The SMILES string of the molecule is CNc1n[nH]c(NC2=CCC=C2)n1. The average molecular weight is 177 g/mol. The molecule has 2 rings (SSSR count). The zero-order chi connectivity index (χ0) is 9.10. The molecule has 68 valence electrons. The lowest BCUT2D eigenvalue weighted by Gasteiger charge is -1.98. The van der Waals surface area contributed by atoms with Gasteiger partial charge in [-0.15, -0.1) is 5.10 Å². The van der Waals surface area contributed by atoms with E-state index in [0.717, 1.165) is 12.1 Å². The molecule has 0 unspecified atom stereocenters. The van der Waals surface area contributed by atoms with Gasteiger partial charge in [-0.05, 0) is 12.5 Å². The second kappa shape index (κ2) is 3.30. The van der Waals surface area contributed by atoms with E-state index in [4.69, 9.17) is 0 Å². The van der Waals surface area contributed by atoms with Gasteiger partial charge in [0.25, 0.3) is 0 Å². The fraction of sp³-hybridized carbons (Fsp3) is 0.250. The zero-order valence-corrected chi connectivity index (χ0v) is 7.33. The molecule has 1 aliphatic rings. The first kappa shape index (κ1) is 7.85. The van der Waals surface area contributed by atoms with Crippen molar-refractivity contribution in [2.75, 3.05) is 17.7 Å². The highest BCUT2D eigenvalue weighted by molar-refractivity contribution is 5.44. The van der Waals surface area contributed by atoms with E-state index < -0.39 is 0 Å². The molecule has 0 saturated carbocycles. The van der Waals surface area contributed by atoms with E-state index in [9.17, 15) is 0 Å². The highest BCUT2D eigenvalue weighted by Gasteiger charge is 2.02. The largest absolute Gasteiger partial charge is 0.356 e. The number of hydrogen-bond acceptors (Lipinski definition) is 4. The van der Waals surface area contributed by atoms with E-state index in [1.54, 1.807) is 7.05 Å². The Labute approximate surface area is 76.0 Å². The smallest absolute Gasteiger partial charge is 0.243 e. The Hall–Kier alpha value is -1.78. The van der Waals surface area contributed by atoms with E-state index >= 15 is 0 Å². The van der Waals surface area contributed by atoms with Crippen LogP contribution in [0.2, 0.25) is 0 Å². The molecular formula is C8H11N5. The van der Waals surface area contributed by atoms with Crippen LogP contribution in [0.4, 0.5) is 11.9 Å². The van der Waals surface area contributed by atoms with Gasteiger partial charge < -0.3 is 10.6 Å². The molecule has 0 saturated heterocycles. The van der Waals surface area contributed by atoms with Crippen molar-refractivity contribution in [3.8, 4) is 0 Å². The third-order valence-electron chi connectivity index (χ3n) is 1.74. The van der Waals surface area contributed by atoms with Gasteiger partial charge in [-0.3, -0.25) is 0 Å². The molecular weight excluding hydrogens is 166 g/mol. The molecule has 0 atom stereocenters. The molecule has 5 nitrogen and oxygen atoms in total. The number of H-pyrrole nitrogens is 1. The van der Waals surface area contributed by atoms with Crippen LogP contribution in [0.1, 0.15) is 6.42 Å². The second-order valence-electron chi connectivity index (χ2n) is 2.68. The molecule has 13 heavy (non-hydrogen) atoms. The average Bonchev–Trinajstić information content (AvgIpc) is 2.76. The molecule has 0 aromatic carbocycles. The fourth-order valence-electron chi connectivity index (χ4n) is 1.12. The molecule has 3 N–H and O–H groups in total. The van der Waals surface area contributed by atoms with Gasteiger partial charge in [0, 0.05) is 12.7 Å². The van der Waals surface area contributed by atoms with Gasteiger partial charge >= 0.3 is 0 Å². The maximum absolute atomic E-state index is 4.13. The summed E-state index contributed by atoms with van der Waals surface area (Å²) in [6.45, 7) is 0. The summed E-state index contributed by atoms with van der Waals surface area (Å²) in [5, 5.41) is 12.6. The lowest BCUT2D eigenvalue weighted by atomic mass is 10.4. The normalized spacial score (nSPS) is 14.4. The molecule has 0 bridgehead atoms. The van der Waals surface area contributed by atoms with E-state index in [0.29, 0.717) is 11.9 Å². The topological polar surface area (TPSA) is 65.6 Å². The van der Waals surface area contributed by atoms with Crippen molar-refractivity contribution >= 4 is 11.9 Å². The summed E-state index contributed by atoms with van der Waals surface area (Å²) in [6.07, 6.45) is 7.16. The summed E-state index contributed by atoms with van der Waals surface area (Å²) in [6, 6.07) is 0. The number of rotatable bonds is 3. The Morgan fingerprint density at radius 2 is 2.46 bits per heavy atom. The Bertz CT molecular complexity index is 349.